The Bertz CT molecular complexity index is 462. The van der Waals surface area contributed by atoms with Crippen molar-refractivity contribution in [2.24, 2.45) is 5.92 Å². The van der Waals surface area contributed by atoms with Gasteiger partial charge in [0.25, 0.3) is 0 Å². The summed E-state index contributed by atoms with van der Waals surface area (Å²) >= 11 is 0. The molecule has 0 spiro atoms. The molecule has 110 valence electrons. The molecule has 0 radical (unpaired) electrons. The third-order valence-corrected chi connectivity index (χ3v) is 4.63. The molecule has 1 heterocycles. The monoisotopic (exact) mass is 274 g/mol. The number of rotatable bonds is 5. The van der Waals surface area contributed by atoms with Crippen LogP contribution in [0.2, 0.25) is 0 Å². The van der Waals surface area contributed by atoms with Gasteiger partial charge in [0.2, 0.25) is 0 Å². The van der Waals surface area contributed by atoms with Crippen molar-refractivity contribution in [3.8, 4) is 0 Å². The lowest BCUT2D eigenvalue weighted by atomic mass is 9.89. The quantitative estimate of drug-likeness (QED) is 0.859. The van der Waals surface area contributed by atoms with E-state index in [1.807, 2.05) is 7.05 Å². The average Bonchev–Trinajstić information content (AvgIpc) is 3.32. The predicted molar refractivity (Wildman–Crippen MR) is 83.4 cm³/mol. The lowest BCUT2D eigenvalue weighted by Gasteiger charge is -2.23. The number of nitrogens with one attached hydrogen (secondary N) is 2. The number of anilines is 2. The maximum atomic E-state index is 4.77. The molecule has 2 N–H and O–H groups in total. The van der Waals surface area contributed by atoms with E-state index in [9.17, 15) is 0 Å². The van der Waals surface area contributed by atoms with E-state index in [2.05, 4.69) is 22.5 Å². The Hall–Kier alpha value is -1.32. The summed E-state index contributed by atoms with van der Waals surface area (Å²) in [5.74, 6) is 4.45. The van der Waals surface area contributed by atoms with Crippen LogP contribution >= 0.6 is 0 Å². The van der Waals surface area contributed by atoms with E-state index in [0.29, 0.717) is 5.92 Å². The first-order valence-electron chi connectivity index (χ1n) is 8.08. The summed E-state index contributed by atoms with van der Waals surface area (Å²) in [4.78, 5) is 9.41. The standard InChI is InChI=1S/C16H26N4/c1-11-14(17-2)19-16(13-8-9-13)20-15(11)18-10-12-6-4-3-5-7-12/h12-13H,3-10H2,1-2H3,(H2,17,18,19,20). The Morgan fingerprint density at radius 2 is 1.70 bits per heavy atom. The molecule has 1 aromatic heterocycles. The largest absolute Gasteiger partial charge is 0.373 e. The van der Waals surface area contributed by atoms with Gasteiger partial charge in [-0.1, -0.05) is 19.3 Å². The van der Waals surface area contributed by atoms with Crippen LogP contribution in [0.4, 0.5) is 11.6 Å². The third kappa shape index (κ3) is 3.05. The van der Waals surface area contributed by atoms with Gasteiger partial charge < -0.3 is 10.6 Å². The highest BCUT2D eigenvalue weighted by Crippen LogP contribution is 2.39. The van der Waals surface area contributed by atoms with E-state index in [1.165, 1.54) is 44.9 Å². The number of nitrogens with zero attached hydrogens (tertiary/aromatic N) is 2. The Morgan fingerprint density at radius 1 is 1.00 bits per heavy atom. The number of hydrogen-bond donors (Lipinski definition) is 2. The van der Waals surface area contributed by atoms with Crippen molar-refractivity contribution in [3.05, 3.63) is 11.4 Å². The van der Waals surface area contributed by atoms with Crippen molar-refractivity contribution in [2.75, 3.05) is 24.2 Å². The van der Waals surface area contributed by atoms with E-state index < -0.39 is 0 Å². The normalized spacial score (nSPS) is 19.9. The number of hydrogen-bond acceptors (Lipinski definition) is 4. The van der Waals surface area contributed by atoms with Gasteiger partial charge in [0, 0.05) is 25.1 Å². The van der Waals surface area contributed by atoms with Gasteiger partial charge in [-0.05, 0) is 38.5 Å². The first-order chi connectivity index (χ1) is 9.78. The summed E-state index contributed by atoms with van der Waals surface area (Å²) in [6, 6.07) is 0. The molecule has 4 nitrogen and oxygen atoms in total. The zero-order valence-corrected chi connectivity index (χ0v) is 12.7. The summed E-state index contributed by atoms with van der Waals surface area (Å²) in [5.41, 5.74) is 1.15. The van der Waals surface area contributed by atoms with Crippen molar-refractivity contribution in [1.29, 1.82) is 0 Å². The predicted octanol–water partition coefficient (Wildman–Crippen LogP) is 3.70. The van der Waals surface area contributed by atoms with Crippen LogP contribution in [0.5, 0.6) is 0 Å². The zero-order valence-electron chi connectivity index (χ0n) is 12.7. The van der Waals surface area contributed by atoms with Gasteiger partial charge in [-0.15, -0.1) is 0 Å². The molecule has 0 aromatic carbocycles. The minimum Gasteiger partial charge on any atom is -0.373 e. The molecule has 2 aliphatic rings. The SMILES string of the molecule is CNc1nc(C2CC2)nc(NCC2CCCCC2)c1C. The molecule has 2 aliphatic carbocycles. The van der Waals surface area contributed by atoms with Crippen molar-refractivity contribution in [3.63, 3.8) is 0 Å². The maximum Gasteiger partial charge on any atom is 0.136 e. The fraction of sp³-hybridized carbons (Fsp3) is 0.750. The fourth-order valence-electron chi connectivity index (χ4n) is 3.11. The second-order valence-corrected chi connectivity index (χ2v) is 6.31. The Morgan fingerprint density at radius 3 is 2.35 bits per heavy atom. The van der Waals surface area contributed by atoms with Crippen molar-refractivity contribution in [1.82, 2.24) is 9.97 Å². The van der Waals surface area contributed by atoms with Gasteiger partial charge in [-0.25, -0.2) is 9.97 Å². The molecular weight excluding hydrogens is 248 g/mol. The molecule has 0 unspecified atom stereocenters. The highest BCUT2D eigenvalue weighted by Gasteiger charge is 2.28. The highest BCUT2D eigenvalue weighted by molar-refractivity contribution is 5.57. The maximum absolute atomic E-state index is 4.77. The van der Waals surface area contributed by atoms with E-state index in [-0.39, 0.29) is 0 Å². The van der Waals surface area contributed by atoms with Gasteiger partial charge in [0.15, 0.2) is 0 Å². The van der Waals surface area contributed by atoms with Crippen LogP contribution < -0.4 is 10.6 Å². The second-order valence-electron chi connectivity index (χ2n) is 6.31. The average molecular weight is 274 g/mol. The minimum atomic E-state index is 0.595. The molecule has 0 atom stereocenters. The van der Waals surface area contributed by atoms with Gasteiger partial charge in [0.05, 0.1) is 0 Å². The van der Waals surface area contributed by atoms with E-state index in [4.69, 9.17) is 4.98 Å². The second kappa shape index (κ2) is 5.98. The van der Waals surface area contributed by atoms with E-state index in [0.717, 1.165) is 35.5 Å². The summed E-state index contributed by atoms with van der Waals surface area (Å²) in [6.07, 6.45) is 9.42. The summed E-state index contributed by atoms with van der Waals surface area (Å²) in [6.45, 7) is 3.16. The molecule has 0 bridgehead atoms. The van der Waals surface area contributed by atoms with Crippen LogP contribution in [0.15, 0.2) is 0 Å². The van der Waals surface area contributed by atoms with Crippen molar-refractivity contribution in [2.45, 2.75) is 57.8 Å². The Kier molecular flexibility index (Phi) is 4.08. The minimum absolute atomic E-state index is 0.595. The number of aromatic nitrogens is 2. The lowest BCUT2D eigenvalue weighted by Crippen LogP contribution is -2.19. The molecule has 0 saturated heterocycles. The Labute approximate surface area is 121 Å². The van der Waals surface area contributed by atoms with Crippen LogP contribution in [-0.4, -0.2) is 23.6 Å². The van der Waals surface area contributed by atoms with Gasteiger partial charge in [0.1, 0.15) is 17.5 Å². The Balaban J connectivity index is 1.71. The van der Waals surface area contributed by atoms with Gasteiger partial charge in [-0.2, -0.15) is 0 Å². The highest BCUT2D eigenvalue weighted by atomic mass is 15.1. The lowest BCUT2D eigenvalue weighted by molar-refractivity contribution is 0.373. The molecule has 4 heteroatoms. The summed E-state index contributed by atoms with van der Waals surface area (Å²) < 4.78 is 0. The smallest absolute Gasteiger partial charge is 0.136 e. The molecule has 20 heavy (non-hydrogen) atoms. The topological polar surface area (TPSA) is 49.8 Å². The molecule has 2 fully saturated rings. The summed E-state index contributed by atoms with van der Waals surface area (Å²) in [7, 11) is 1.94. The molecule has 0 aliphatic heterocycles. The van der Waals surface area contributed by atoms with Crippen molar-refractivity contribution >= 4 is 11.6 Å². The van der Waals surface area contributed by atoms with Crippen LogP contribution in [-0.2, 0) is 0 Å². The first-order valence-corrected chi connectivity index (χ1v) is 8.08. The van der Waals surface area contributed by atoms with Crippen LogP contribution in [0.3, 0.4) is 0 Å². The third-order valence-electron chi connectivity index (χ3n) is 4.63. The van der Waals surface area contributed by atoms with E-state index >= 15 is 0 Å². The van der Waals surface area contributed by atoms with Crippen molar-refractivity contribution < 1.29 is 0 Å². The molecular formula is C16H26N4. The fourth-order valence-corrected chi connectivity index (χ4v) is 3.11. The van der Waals surface area contributed by atoms with Crippen LogP contribution in [0, 0.1) is 12.8 Å². The zero-order chi connectivity index (χ0) is 13.9. The molecule has 0 amide bonds. The van der Waals surface area contributed by atoms with Gasteiger partial charge >= 0.3 is 0 Å². The van der Waals surface area contributed by atoms with Crippen LogP contribution in [0.25, 0.3) is 0 Å². The van der Waals surface area contributed by atoms with Gasteiger partial charge in [-0.3, -0.25) is 0 Å². The van der Waals surface area contributed by atoms with E-state index in [1.54, 1.807) is 0 Å². The molecule has 3 rings (SSSR count). The first kappa shape index (κ1) is 13.7. The van der Waals surface area contributed by atoms with Crippen LogP contribution in [0.1, 0.15) is 62.3 Å². The summed E-state index contributed by atoms with van der Waals surface area (Å²) in [5, 5.41) is 6.79. The molecule has 1 aromatic rings. The molecule has 2 saturated carbocycles.